The molecule has 0 spiro atoms. The maximum absolute atomic E-state index is 10.7. The highest BCUT2D eigenvalue weighted by Crippen LogP contribution is 2.13. The van der Waals surface area contributed by atoms with Crippen LogP contribution in [0.25, 0.3) is 0 Å². The number of nitrogens with zero attached hydrogens (tertiary/aromatic N) is 4. The molecule has 0 unspecified atom stereocenters. The minimum Gasteiger partial charge on any atom is -0.375 e. The van der Waals surface area contributed by atoms with Crippen LogP contribution in [-0.2, 0) is 6.54 Å². The lowest BCUT2D eigenvalue weighted by Crippen LogP contribution is -2.26. The van der Waals surface area contributed by atoms with Crippen molar-refractivity contribution in [2.45, 2.75) is 20.4 Å². The number of hydrogen-bond donors (Lipinski definition) is 2. The molecule has 92 valence electrons. The SMILES string of the molecule is C/C(Cn1c([N+](=O)[O-])cnc1C)=N\NC(N)=S. The van der Waals surface area contributed by atoms with E-state index < -0.39 is 4.92 Å². The van der Waals surface area contributed by atoms with Gasteiger partial charge in [0.2, 0.25) is 0 Å². The van der Waals surface area contributed by atoms with E-state index in [1.165, 1.54) is 10.8 Å². The third kappa shape index (κ3) is 3.48. The molecule has 17 heavy (non-hydrogen) atoms. The molecule has 0 aliphatic carbocycles. The Morgan fingerprint density at radius 3 is 3.00 bits per heavy atom. The van der Waals surface area contributed by atoms with E-state index in [4.69, 9.17) is 5.73 Å². The van der Waals surface area contributed by atoms with Crippen molar-refractivity contribution in [2.75, 3.05) is 0 Å². The van der Waals surface area contributed by atoms with Gasteiger partial charge in [0.15, 0.2) is 10.9 Å². The van der Waals surface area contributed by atoms with E-state index in [1.807, 2.05) is 0 Å². The summed E-state index contributed by atoms with van der Waals surface area (Å²) >= 11 is 4.59. The molecular formula is C8H12N6O2S. The van der Waals surface area contributed by atoms with Gasteiger partial charge < -0.3 is 15.8 Å². The number of rotatable bonds is 4. The number of nitrogens with two attached hydrogens (primary N) is 1. The van der Waals surface area contributed by atoms with E-state index in [9.17, 15) is 10.1 Å². The number of hydrazone groups is 1. The largest absolute Gasteiger partial charge is 0.375 e. The second kappa shape index (κ2) is 5.34. The van der Waals surface area contributed by atoms with Crippen molar-refractivity contribution >= 4 is 28.9 Å². The third-order valence-electron chi connectivity index (χ3n) is 1.96. The molecule has 9 heteroatoms. The lowest BCUT2D eigenvalue weighted by molar-refractivity contribution is -0.392. The van der Waals surface area contributed by atoms with Crippen molar-refractivity contribution in [3.8, 4) is 0 Å². The summed E-state index contributed by atoms with van der Waals surface area (Å²) in [7, 11) is 0. The molecule has 0 fully saturated rings. The van der Waals surface area contributed by atoms with Gasteiger partial charge in [-0.2, -0.15) is 5.10 Å². The number of aryl methyl sites for hydroxylation is 1. The number of hydrogen-bond acceptors (Lipinski definition) is 5. The Balaban J connectivity index is 2.87. The highest BCUT2D eigenvalue weighted by atomic mass is 32.1. The fourth-order valence-corrected chi connectivity index (χ4v) is 1.26. The molecule has 1 aromatic heterocycles. The summed E-state index contributed by atoms with van der Waals surface area (Å²) in [6.45, 7) is 3.63. The van der Waals surface area contributed by atoms with E-state index in [2.05, 4.69) is 27.7 Å². The molecule has 3 N–H and O–H groups in total. The van der Waals surface area contributed by atoms with Crippen LogP contribution in [0.15, 0.2) is 11.3 Å². The van der Waals surface area contributed by atoms with Gasteiger partial charge in [-0.25, -0.2) is 9.55 Å². The lowest BCUT2D eigenvalue weighted by atomic mass is 10.4. The zero-order valence-corrected chi connectivity index (χ0v) is 10.2. The van der Waals surface area contributed by atoms with Gasteiger partial charge in [-0.15, -0.1) is 0 Å². The van der Waals surface area contributed by atoms with Crippen molar-refractivity contribution in [3.05, 3.63) is 22.1 Å². The third-order valence-corrected chi connectivity index (χ3v) is 2.06. The Morgan fingerprint density at radius 2 is 2.47 bits per heavy atom. The maximum Gasteiger partial charge on any atom is 0.343 e. The molecule has 0 bridgehead atoms. The van der Waals surface area contributed by atoms with Gasteiger partial charge >= 0.3 is 5.82 Å². The quantitative estimate of drug-likeness (QED) is 0.347. The minimum atomic E-state index is -0.492. The van der Waals surface area contributed by atoms with Crippen LogP contribution in [0.5, 0.6) is 0 Å². The first-order valence-corrected chi connectivity index (χ1v) is 5.07. The van der Waals surface area contributed by atoms with Gasteiger partial charge in [0, 0.05) is 6.92 Å². The zero-order chi connectivity index (χ0) is 13.0. The van der Waals surface area contributed by atoms with Crippen LogP contribution < -0.4 is 11.2 Å². The van der Waals surface area contributed by atoms with Gasteiger partial charge in [0.05, 0.1) is 5.71 Å². The Hall–Kier alpha value is -2.03. The number of aromatic nitrogens is 2. The van der Waals surface area contributed by atoms with E-state index in [1.54, 1.807) is 13.8 Å². The predicted molar refractivity (Wildman–Crippen MR) is 66.6 cm³/mol. The summed E-state index contributed by atoms with van der Waals surface area (Å²) in [4.78, 5) is 14.1. The van der Waals surface area contributed by atoms with E-state index >= 15 is 0 Å². The van der Waals surface area contributed by atoms with Crippen molar-refractivity contribution in [2.24, 2.45) is 10.8 Å². The van der Waals surface area contributed by atoms with E-state index in [0.29, 0.717) is 11.5 Å². The molecule has 0 amide bonds. The average Bonchev–Trinajstić information content (AvgIpc) is 2.58. The monoisotopic (exact) mass is 256 g/mol. The Kier molecular flexibility index (Phi) is 4.10. The molecule has 0 aromatic carbocycles. The first-order chi connectivity index (χ1) is 7.91. The van der Waals surface area contributed by atoms with Crippen molar-refractivity contribution < 1.29 is 4.92 Å². The van der Waals surface area contributed by atoms with Gasteiger partial charge in [0.25, 0.3) is 0 Å². The maximum atomic E-state index is 10.7. The van der Waals surface area contributed by atoms with Crippen LogP contribution in [-0.4, -0.2) is 25.3 Å². The van der Waals surface area contributed by atoms with Crippen LogP contribution >= 0.6 is 12.2 Å². The highest BCUT2D eigenvalue weighted by Gasteiger charge is 2.17. The summed E-state index contributed by atoms with van der Waals surface area (Å²) in [5.74, 6) is 0.467. The fourth-order valence-electron chi connectivity index (χ4n) is 1.21. The summed E-state index contributed by atoms with van der Waals surface area (Å²) in [6, 6.07) is 0. The molecule has 0 aliphatic heterocycles. The van der Waals surface area contributed by atoms with Crippen LogP contribution in [0.2, 0.25) is 0 Å². The predicted octanol–water partition coefficient (Wildman–Crippen LogP) is 0.309. The summed E-state index contributed by atoms with van der Waals surface area (Å²) in [5, 5.41) is 14.6. The summed E-state index contributed by atoms with van der Waals surface area (Å²) < 4.78 is 1.44. The smallest absolute Gasteiger partial charge is 0.343 e. The molecule has 0 saturated heterocycles. The van der Waals surface area contributed by atoms with Crippen LogP contribution in [0, 0.1) is 17.0 Å². The highest BCUT2D eigenvalue weighted by molar-refractivity contribution is 7.80. The standard InChI is InChI=1S/C8H12N6O2S/c1-5(11-12-8(9)17)4-13-6(2)10-3-7(13)14(15)16/h3H,4H2,1-2H3,(H3,9,12,17)/b11-5+. The molecule has 1 heterocycles. The van der Waals surface area contributed by atoms with Crippen molar-refractivity contribution in [1.29, 1.82) is 0 Å². The number of nitro groups is 1. The fraction of sp³-hybridized carbons (Fsp3) is 0.375. The molecule has 8 nitrogen and oxygen atoms in total. The van der Waals surface area contributed by atoms with Gasteiger partial charge in [-0.05, 0) is 24.1 Å². The lowest BCUT2D eigenvalue weighted by Gasteiger charge is -2.03. The Labute approximate surface area is 103 Å². The first kappa shape index (κ1) is 13.0. The normalized spacial score (nSPS) is 11.3. The average molecular weight is 256 g/mol. The Morgan fingerprint density at radius 1 is 1.82 bits per heavy atom. The molecule has 0 aliphatic rings. The molecule has 0 radical (unpaired) electrons. The van der Waals surface area contributed by atoms with Gasteiger partial charge in [0.1, 0.15) is 12.7 Å². The molecule has 1 rings (SSSR count). The molecule has 0 saturated carbocycles. The number of imidazole rings is 1. The van der Waals surface area contributed by atoms with E-state index in [0.717, 1.165) is 0 Å². The van der Waals surface area contributed by atoms with Gasteiger partial charge in [-0.3, -0.25) is 5.43 Å². The van der Waals surface area contributed by atoms with Crippen LogP contribution in [0.3, 0.4) is 0 Å². The summed E-state index contributed by atoms with van der Waals surface area (Å²) in [6.07, 6.45) is 1.21. The Bertz CT molecular complexity index is 480. The number of nitrogens with one attached hydrogen (secondary N) is 1. The second-order valence-electron chi connectivity index (χ2n) is 3.33. The molecule has 1 aromatic rings. The molecule has 0 atom stereocenters. The summed E-state index contributed by atoms with van der Waals surface area (Å²) in [5.41, 5.74) is 8.23. The van der Waals surface area contributed by atoms with Crippen molar-refractivity contribution in [1.82, 2.24) is 15.0 Å². The number of thiocarbonyl (C=S) groups is 1. The first-order valence-electron chi connectivity index (χ1n) is 4.67. The van der Waals surface area contributed by atoms with Crippen molar-refractivity contribution in [3.63, 3.8) is 0 Å². The topological polar surface area (TPSA) is 111 Å². The van der Waals surface area contributed by atoms with E-state index in [-0.39, 0.29) is 17.5 Å². The zero-order valence-electron chi connectivity index (χ0n) is 9.38. The van der Waals surface area contributed by atoms with Crippen LogP contribution in [0.4, 0.5) is 5.82 Å². The molecular weight excluding hydrogens is 244 g/mol. The van der Waals surface area contributed by atoms with Gasteiger partial charge in [-0.1, -0.05) is 0 Å². The second-order valence-corrected chi connectivity index (χ2v) is 3.77. The minimum absolute atomic E-state index is 0.0428. The van der Waals surface area contributed by atoms with Crippen LogP contribution in [0.1, 0.15) is 12.7 Å².